The summed E-state index contributed by atoms with van der Waals surface area (Å²) in [5.74, 6) is -0.829. The van der Waals surface area contributed by atoms with E-state index < -0.39 is 11.9 Å². The average molecular weight is 383 g/mol. The number of hydrogen-bond donors (Lipinski definition) is 2. The molecule has 2 heterocycles. The number of carboxylic acid groups (broad SMARTS) is 1. The summed E-state index contributed by atoms with van der Waals surface area (Å²) in [6.45, 7) is 2.74. The predicted octanol–water partition coefficient (Wildman–Crippen LogP) is 1.50. The summed E-state index contributed by atoms with van der Waals surface area (Å²) in [5, 5.41) is 11.8. The lowest BCUT2D eigenvalue weighted by atomic mass is 10.1. The van der Waals surface area contributed by atoms with Gasteiger partial charge in [-0.3, -0.25) is 9.59 Å². The van der Waals surface area contributed by atoms with E-state index in [1.165, 1.54) is 19.1 Å². The van der Waals surface area contributed by atoms with Gasteiger partial charge in [0.25, 0.3) is 5.91 Å². The van der Waals surface area contributed by atoms with E-state index in [0.29, 0.717) is 19.7 Å². The highest BCUT2D eigenvalue weighted by atomic mass is 16.5. The van der Waals surface area contributed by atoms with E-state index in [1.807, 2.05) is 30.3 Å². The Morgan fingerprint density at radius 2 is 2.00 bits per heavy atom. The molecule has 0 radical (unpaired) electrons. The molecule has 3 rings (SSSR count). The van der Waals surface area contributed by atoms with Crippen LogP contribution in [0.5, 0.6) is 5.75 Å². The molecule has 2 amide bonds. The van der Waals surface area contributed by atoms with Gasteiger partial charge < -0.3 is 20.1 Å². The molecule has 8 heteroatoms. The SMILES string of the molecule is Cc1nc(C(=O)NC2CC(=O)N(CCOc3ccccc3)C2)ccc1C(=O)O. The van der Waals surface area contributed by atoms with Crippen LogP contribution in [0.4, 0.5) is 0 Å². The van der Waals surface area contributed by atoms with E-state index in [-0.39, 0.29) is 35.3 Å². The molecule has 1 aromatic heterocycles. The highest BCUT2D eigenvalue weighted by Gasteiger charge is 2.30. The summed E-state index contributed by atoms with van der Waals surface area (Å²) in [6.07, 6.45) is 0.212. The summed E-state index contributed by atoms with van der Waals surface area (Å²) in [4.78, 5) is 41.3. The molecule has 1 fully saturated rings. The summed E-state index contributed by atoms with van der Waals surface area (Å²) < 4.78 is 5.61. The molecule has 0 saturated carbocycles. The molecule has 0 aliphatic carbocycles. The molecular weight excluding hydrogens is 362 g/mol. The highest BCUT2D eigenvalue weighted by Crippen LogP contribution is 2.14. The normalized spacial score (nSPS) is 16.1. The number of amides is 2. The maximum atomic E-state index is 12.4. The third-order valence-electron chi connectivity index (χ3n) is 4.47. The van der Waals surface area contributed by atoms with Crippen molar-refractivity contribution in [2.45, 2.75) is 19.4 Å². The third-order valence-corrected chi connectivity index (χ3v) is 4.47. The predicted molar refractivity (Wildman–Crippen MR) is 100 cm³/mol. The Kier molecular flexibility index (Phi) is 5.88. The number of pyridine rings is 1. The molecule has 1 saturated heterocycles. The molecule has 1 aromatic carbocycles. The topological polar surface area (TPSA) is 109 Å². The Balaban J connectivity index is 1.51. The zero-order chi connectivity index (χ0) is 20.1. The maximum Gasteiger partial charge on any atom is 0.337 e. The number of likely N-dealkylation sites (tertiary alicyclic amines) is 1. The molecule has 146 valence electrons. The van der Waals surface area contributed by atoms with Crippen LogP contribution in [-0.4, -0.2) is 58.5 Å². The van der Waals surface area contributed by atoms with Gasteiger partial charge in [0.2, 0.25) is 5.91 Å². The Morgan fingerprint density at radius 1 is 1.25 bits per heavy atom. The lowest BCUT2D eigenvalue weighted by molar-refractivity contribution is -0.128. The van der Waals surface area contributed by atoms with E-state index in [9.17, 15) is 14.4 Å². The molecule has 8 nitrogen and oxygen atoms in total. The van der Waals surface area contributed by atoms with Gasteiger partial charge in [-0.2, -0.15) is 0 Å². The second-order valence-electron chi connectivity index (χ2n) is 6.51. The smallest absolute Gasteiger partial charge is 0.337 e. The number of para-hydroxylation sites is 1. The monoisotopic (exact) mass is 383 g/mol. The second-order valence-corrected chi connectivity index (χ2v) is 6.51. The number of aromatic nitrogens is 1. The first-order valence-electron chi connectivity index (χ1n) is 8.91. The molecule has 1 atom stereocenters. The van der Waals surface area contributed by atoms with Gasteiger partial charge in [0.15, 0.2) is 0 Å². The van der Waals surface area contributed by atoms with Gasteiger partial charge in [0, 0.05) is 13.0 Å². The molecule has 0 spiro atoms. The fourth-order valence-electron chi connectivity index (χ4n) is 3.05. The van der Waals surface area contributed by atoms with Gasteiger partial charge in [-0.1, -0.05) is 18.2 Å². The Labute approximate surface area is 162 Å². The molecular formula is C20H21N3O5. The number of carbonyl (C=O) groups excluding carboxylic acids is 2. The fourth-order valence-corrected chi connectivity index (χ4v) is 3.05. The fraction of sp³-hybridized carbons (Fsp3) is 0.300. The number of nitrogens with zero attached hydrogens (tertiary/aromatic N) is 2. The number of benzene rings is 1. The molecule has 2 aromatic rings. The Bertz CT molecular complexity index is 885. The van der Waals surface area contributed by atoms with E-state index in [0.717, 1.165) is 5.75 Å². The summed E-state index contributed by atoms with van der Waals surface area (Å²) in [6, 6.07) is 11.7. The highest BCUT2D eigenvalue weighted by molar-refractivity contribution is 5.95. The van der Waals surface area contributed by atoms with Crippen LogP contribution in [0.25, 0.3) is 0 Å². The van der Waals surface area contributed by atoms with Crippen molar-refractivity contribution in [3.05, 3.63) is 59.4 Å². The minimum absolute atomic E-state index is 0.0488. The van der Waals surface area contributed by atoms with Gasteiger partial charge in [-0.15, -0.1) is 0 Å². The average Bonchev–Trinajstić information content (AvgIpc) is 3.01. The van der Waals surface area contributed by atoms with Gasteiger partial charge in [-0.05, 0) is 31.2 Å². The van der Waals surface area contributed by atoms with Crippen LogP contribution >= 0.6 is 0 Å². The van der Waals surface area contributed by atoms with Crippen LogP contribution in [0.1, 0.15) is 33.0 Å². The van der Waals surface area contributed by atoms with E-state index in [4.69, 9.17) is 9.84 Å². The molecule has 28 heavy (non-hydrogen) atoms. The number of aromatic carboxylic acids is 1. The van der Waals surface area contributed by atoms with Gasteiger partial charge >= 0.3 is 5.97 Å². The van der Waals surface area contributed by atoms with Crippen molar-refractivity contribution >= 4 is 17.8 Å². The number of carbonyl (C=O) groups is 3. The van der Waals surface area contributed by atoms with Gasteiger partial charge in [-0.25, -0.2) is 9.78 Å². The van der Waals surface area contributed by atoms with Gasteiger partial charge in [0.1, 0.15) is 18.1 Å². The lowest BCUT2D eigenvalue weighted by Gasteiger charge is -2.17. The first-order chi connectivity index (χ1) is 13.4. The van der Waals surface area contributed by atoms with Crippen LogP contribution in [0.15, 0.2) is 42.5 Å². The molecule has 1 aliphatic heterocycles. The van der Waals surface area contributed by atoms with Crippen molar-refractivity contribution in [1.29, 1.82) is 0 Å². The minimum Gasteiger partial charge on any atom is -0.492 e. The quantitative estimate of drug-likeness (QED) is 0.750. The Hall–Kier alpha value is -3.42. The van der Waals surface area contributed by atoms with Crippen molar-refractivity contribution < 1.29 is 24.2 Å². The van der Waals surface area contributed by atoms with Crippen molar-refractivity contribution in [2.75, 3.05) is 19.7 Å². The van der Waals surface area contributed by atoms with Crippen molar-refractivity contribution in [3.63, 3.8) is 0 Å². The minimum atomic E-state index is -1.09. The summed E-state index contributed by atoms with van der Waals surface area (Å²) >= 11 is 0. The first kappa shape index (κ1) is 19.3. The summed E-state index contributed by atoms with van der Waals surface area (Å²) in [5.41, 5.74) is 0.445. The molecule has 1 aliphatic rings. The van der Waals surface area contributed by atoms with Crippen molar-refractivity contribution in [1.82, 2.24) is 15.2 Å². The number of ether oxygens (including phenoxy) is 1. The number of aryl methyl sites for hydroxylation is 1. The van der Waals surface area contributed by atoms with Crippen LogP contribution in [0, 0.1) is 6.92 Å². The number of rotatable bonds is 7. The molecule has 1 unspecified atom stereocenters. The van der Waals surface area contributed by atoms with Crippen LogP contribution in [0.2, 0.25) is 0 Å². The maximum absolute atomic E-state index is 12.4. The van der Waals surface area contributed by atoms with E-state index in [1.54, 1.807) is 4.90 Å². The zero-order valence-electron chi connectivity index (χ0n) is 15.4. The lowest BCUT2D eigenvalue weighted by Crippen LogP contribution is -2.38. The molecule has 2 N–H and O–H groups in total. The summed E-state index contributed by atoms with van der Waals surface area (Å²) in [7, 11) is 0. The zero-order valence-corrected chi connectivity index (χ0v) is 15.4. The number of carboxylic acids is 1. The van der Waals surface area contributed by atoms with Crippen LogP contribution < -0.4 is 10.1 Å². The van der Waals surface area contributed by atoms with Crippen LogP contribution in [-0.2, 0) is 4.79 Å². The van der Waals surface area contributed by atoms with Crippen molar-refractivity contribution in [3.8, 4) is 5.75 Å². The second kappa shape index (κ2) is 8.51. The van der Waals surface area contributed by atoms with Crippen LogP contribution in [0.3, 0.4) is 0 Å². The van der Waals surface area contributed by atoms with E-state index in [2.05, 4.69) is 10.3 Å². The largest absolute Gasteiger partial charge is 0.492 e. The number of hydrogen-bond acceptors (Lipinski definition) is 5. The first-order valence-corrected chi connectivity index (χ1v) is 8.91. The molecule has 0 bridgehead atoms. The van der Waals surface area contributed by atoms with Crippen molar-refractivity contribution in [2.24, 2.45) is 0 Å². The standard InChI is InChI=1S/C20H21N3O5/c1-13-16(20(26)27)7-8-17(21-13)19(25)22-14-11-18(24)23(12-14)9-10-28-15-5-3-2-4-6-15/h2-8,14H,9-12H2,1H3,(H,22,25)(H,26,27). The Morgan fingerprint density at radius 3 is 2.68 bits per heavy atom. The third kappa shape index (κ3) is 4.64. The van der Waals surface area contributed by atoms with Gasteiger partial charge in [0.05, 0.1) is 23.8 Å². The van der Waals surface area contributed by atoms with E-state index >= 15 is 0 Å². The number of nitrogens with one attached hydrogen (secondary N) is 1.